The van der Waals surface area contributed by atoms with Crippen LogP contribution in [0.2, 0.25) is 0 Å². The first-order valence-corrected chi connectivity index (χ1v) is 6.35. The summed E-state index contributed by atoms with van der Waals surface area (Å²) in [6.07, 6.45) is 1.29. The zero-order valence-corrected chi connectivity index (χ0v) is 11.5. The molecule has 5 nitrogen and oxygen atoms in total. The normalized spacial score (nSPS) is 12.4. The zero-order chi connectivity index (χ0) is 13.8. The van der Waals surface area contributed by atoms with E-state index in [1.807, 2.05) is 32.0 Å². The predicted molar refractivity (Wildman–Crippen MR) is 72.1 cm³/mol. The van der Waals surface area contributed by atoms with E-state index in [1.165, 1.54) is 6.33 Å². The highest BCUT2D eigenvalue weighted by Crippen LogP contribution is 2.28. The molecular weight excluding hydrogens is 242 g/mol. The molecule has 0 amide bonds. The van der Waals surface area contributed by atoms with Gasteiger partial charge in [0.15, 0.2) is 0 Å². The van der Waals surface area contributed by atoms with Gasteiger partial charge in [-0.15, -0.1) is 0 Å². The standard InChI is InChI=1S/C14H19N3O2/c1-4-17-14(15-9-16-17)8-12(18)11-7-10(2)5-6-13(11)19-3/h5-7,9,12,18H,4,8H2,1-3H3. The quantitative estimate of drug-likeness (QED) is 0.893. The van der Waals surface area contributed by atoms with Gasteiger partial charge in [0, 0.05) is 18.5 Å². The molecule has 0 spiro atoms. The maximum Gasteiger partial charge on any atom is 0.138 e. The van der Waals surface area contributed by atoms with Gasteiger partial charge in [-0.3, -0.25) is 4.68 Å². The lowest BCUT2D eigenvalue weighted by molar-refractivity contribution is 0.169. The van der Waals surface area contributed by atoms with Crippen LogP contribution in [0.25, 0.3) is 0 Å². The SMILES string of the molecule is CCn1ncnc1CC(O)c1cc(C)ccc1OC. The number of aryl methyl sites for hydroxylation is 2. The Morgan fingerprint density at radius 3 is 2.89 bits per heavy atom. The largest absolute Gasteiger partial charge is 0.496 e. The fourth-order valence-corrected chi connectivity index (χ4v) is 2.11. The minimum Gasteiger partial charge on any atom is -0.496 e. The van der Waals surface area contributed by atoms with Crippen LogP contribution in [0.1, 0.15) is 30.0 Å². The summed E-state index contributed by atoms with van der Waals surface area (Å²) in [4.78, 5) is 4.18. The molecule has 0 radical (unpaired) electrons. The van der Waals surface area contributed by atoms with Crippen molar-refractivity contribution in [3.05, 3.63) is 41.5 Å². The second-order valence-electron chi connectivity index (χ2n) is 4.46. The van der Waals surface area contributed by atoms with Gasteiger partial charge in [0.25, 0.3) is 0 Å². The Balaban J connectivity index is 2.24. The van der Waals surface area contributed by atoms with Crippen molar-refractivity contribution in [1.29, 1.82) is 0 Å². The van der Waals surface area contributed by atoms with Crippen LogP contribution < -0.4 is 4.74 Å². The van der Waals surface area contributed by atoms with E-state index in [1.54, 1.807) is 11.8 Å². The van der Waals surface area contributed by atoms with Crippen molar-refractivity contribution in [2.24, 2.45) is 0 Å². The summed E-state index contributed by atoms with van der Waals surface area (Å²) in [7, 11) is 1.61. The van der Waals surface area contributed by atoms with E-state index in [0.29, 0.717) is 12.2 Å². The van der Waals surface area contributed by atoms with Crippen LogP contribution >= 0.6 is 0 Å². The third-order valence-corrected chi connectivity index (χ3v) is 3.12. The van der Waals surface area contributed by atoms with Gasteiger partial charge in [-0.1, -0.05) is 11.6 Å². The maximum atomic E-state index is 10.4. The molecule has 0 aliphatic heterocycles. The van der Waals surface area contributed by atoms with Crippen molar-refractivity contribution in [2.45, 2.75) is 32.9 Å². The number of nitrogens with zero attached hydrogens (tertiary/aromatic N) is 3. The van der Waals surface area contributed by atoms with Crippen molar-refractivity contribution < 1.29 is 9.84 Å². The molecule has 1 aromatic heterocycles. The van der Waals surface area contributed by atoms with Crippen LogP contribution in [0.15, 0.2) is 24.5 Å². The minimum absolute atomic E-state index is 0.424. The topological polar surface area (TPSA) is 60.2 Å². The van der Waals surface area contributed by atoms with Crippen molar-refractivity contribution in [1.82, 2.24) is 14.8 Å². The number of aliphatic hydroxyl groups is 1. The van der Waals surface area contributed by atoms with Crippen molar-refractivity contribution in [3.63, 3.8) is 0 Å². The molecule has 1 heterocycles. The first-order chi connectivity index (χ1) is 9.15. The monoisotopic (exact) mass is 261 g/mol. The molecule has 19 heavy (non-hydrogen) atoms. The fourth-order valence-electron chi connectivity index (χ4n) is 2.11. The number of aromatic nitrogens is 3. The van der Waals surface area contributed by atoms with Gasteiger partial charge in [-0.2, -0.15) is 5.10 Å². The second-order valence-corrected chi connectivity index (χ2v) is 4.46. The lowest BCUT2D eigenvalue weighted by Crippen LogP contribution is -2.10. The minimum atomic E-state index is -0.649. The van der Waals surface area contributed by atoms with Crippen molar-refractivity contribution in [3.8, 4) is 5.75 Å². The van der Waals surface area contributed by atoms with Crippen LogP contribution in [0.3, 0.4) is 0 Å². The molecule has 0 aliphatic rings. The summed E-state index contributed by atoms with van der Waals surface area (Å²) in [5.74, 6) is 1.47. The van der Waals surface area contributed by atoms with Gasteiger partial charge in [0.05, 0.1) is 13.2 Å². The third-order valence-electron chi connectivity index (χ3n) is 3.12. The summed E-state index contributed by atoms with van der Waals surface area (Å²) in [6, 6.07) is 5.78. The molecule has 0 fully saturated rings. The van der Waals surface area contributed by atoms with Gasteiger partial charge < -0.3 is 9.84 Å². The molecule has 102 valence electrons. The molecule has 2 aromatic rings. The summed E-state index contributed by atoms with van der Waals surface area (Å²) < 4.78 is 7.08. The van der Waals surface area contributed by atoms with Gasteiger partial charge in [-0.25, -0.2) is 4.98 Å². The number of hydrogen-bond acceptors (Lipinski definition) is 4. The highest BCUT2D eigenvalue weighted by molar-refractivity contribution is 5.38. The highest BCUT2D eigenvalue weighted by atomic mass is 16.5. The Bertz CT molecular complexity index is 551. The molecule has 0 bridgehead atoms. The number of rotatable bonds is 5. The van der Waals surface area contributed by atoms with E-state index in [9.17, 15) is 5.11 Å². The average Bonchev–Trinajstić information content (AvgIpc) is 2.85. The van der Waals surface area contributed by atoms with Gasteiger partial charge in [0.2, 0.25) is 0 Å². The van der Waals surface area contributed by atoms with Crippen LogP contribution in [0.5, 0.6) is 5.75 Å². The van der Waals surface area contributed by atoms with E-state index < -0.39 is 6.10 Å². The Morgan fingerprint density at radius 2 is 2.21 bits per heavy atom. The molecule has 5 heteroatoms. The molecule has 0 aliphatic carbocycles. The van der Waals surface area contributed by atoms with Crippen LogP contribution in [-0.4, -0.2) is 27.0 Å². The molecule has 1 N–H and O–H groups in total. The maximum absolute atomic E-state index is 10.4. The summed E-state index contributed by atoms with van der Waals surface area (Å²) >= 11 is 0. The number of aliphatic hydroxyl groups excluding tert-OH is 1. The zero-order valence-electron chi connectivity index (χ0n) is 11.5. The smallest absolute Gasteiger partial charge is 0.138 e. The van der Waals surface area contributed by atoms with Crippen LogP contribution in [0.4, 0.5) is 0 Å². The molecule has 1 unspecified atom stereocenters. The first kappa shape index (κ1) is 13.5. The Morgan fingerprint density at radius 1 is 1.42 bits per heavy atom. The fraction of sp³-hybridized carbons (Fsp3) is 0.429. The summed E-state index contributed by atoms with van der Waals surface area (Å²) in [5, 5.41) is 14.5. The molecule has 0 saturated carbocycles. The third kappa shape index (κ3) is 2.93. The van der Waals surface area contributed by atoms with Gasteiger partial charge >= 0.3 is 0 Å². The number of ether oxygens (including phenoxy) is 1. The van der Waals surface area contributed by atoms with Gasteiger partial charge in [0.1, 0.15) is 17.9 Å². The molecule has 1 atom stereocenters. The molecule has 1 aromatic carbocycles. The second kappa shape index (κ2) is 5.84. The average molecular weight is 261 g/mol. The highest BCUT2D eigenvalue weighted by Gasteiger charge is 2.17. The van der Waals surface area contributed by atoms with Crippen molar-refractivity contribution >= 4 is 0 Å². The molecule has 0 saturated heterocycles. The predicted octanol–water partition coefficient (Wildman–Crippen LogP) is 1.89. The number of hydrogen-bond donors (Lipinski definition) is 1. The lowest BCUT2D eigenvalue weighted by atomic mass is 10.0. The van der Waals surface area contributed by atoms with Gasteiger partial charge in [-0.05, 0) is 26.0 Å². The van der Waals surface area contributed by atoms with E-state index >= 15 is 0 Å². The van der Waals surface area contributed by atoms with E-state index in [2.05, 4.69) is 10.1 Å². The number of methoxy groups -OCH3 is 1. The van der Waals surface area contributed by atoms with Crippen LogP contribution in [-0.2, 0) is 13.0 Å². The van der Waals surface area contributed by atoms with Crippen molar-refractivity contribution in [2.75, 3.05) is 7.11 Å². The Kier molecular flexibility index (Phi) is 4.16. The molecule has 2 rings (SSSR count). The van der Waals surface area contributed by atoms with E-state index in [-0.39, 0.29) is 0 Å². The first-order valence-electron chi connectivity index (χ1n) is 6.35. The molecular formula is C14H19N3O2. The number of benzene rings is 1. The Hall–Kier alpha value is -1.88. The van der Waals surface area contributed by atoms with E-state index in [4.69, 9.17) is 4.74 Å². The summed E-state index contributed by atoms with van der Waals surface area (Å²) in [6.45, 7) is 4.73. The Labute approximate surface area is 112 Å². The lowest BCUT2D eigenvalue weighted by Gasteiger charge is -2.15. The summed E-state index contributed by atoms with van der Waals surface area (Å²) in [5.41, 5.74) is 1.87. The van der Waals surface area contributed by atoms with E-state index in [0.717, 1.165) is 23.5 Å². The van der Waals surface area contributed by atoms with Crippen LogP contribution in [0, 0.1) is 6.92 Å².